The normalized spacial score (nSPS) is 18.1. The summed E-state index contributed by atoms with van der Waals surface area (Å²) in [4.78, 5) is 28.2. The molecule has 0 spiro atoms. The molecular weight excluding hydrogens is 316 g/mol. The van der Waals surface area contributed by atoms with Crippen LogP contribution in [0.5, 0.6) is 0 Å². The second-order valence-corrected chi connectivity index (χ2v) is 6.30. The number of aryl methyl sites for hydroxylation is 1. The van der Waals surface area contributed by atoms with Crippen LogP contribution in [0.25, 0.3) is 0 Å². The summed E-state index contributed by atoms with van der Waals surface area (Å²) in [6.07, 6.45) is 3.04. The van der Waals surface area contributed by atoms with Crippen molar-refractivity contribution in [3.8, 4) is 0 Å². The van der Waals surface area contributed by atoms with E-state index in [2.05, 4.69) is 15.2 Å². The van der Waals surface area contributed by atoms with Crippen molar-refractivity contribution in [3.63, 3.8) is 0 Å². The molecule has 1 aliphatic rings. The molecule has 2 aromatic rings. The van der Waals surface area contributed by atoms with Gasteiger partial charge in [0.1, 0.15) is 5.82 Å². The Morgan fingerprint density at radius 3 is 2.83 bits per heavy atom. The van der Waals surface area contributed by atoms with Crippen LogP contribution in [0, 0.1) is 0 Å². The molecule has 1 saturated heterocycles. The number of aromatic amines is 2. The van der Waals surface area contributed by atoms with Gasteiger partial charge in [0.2, 0.25) is 5.91 Å². The topological polar surface area (TPSA) is 81.8 Å². The molecule has 1 amide bonds. The Morgan fingerprint density at radius 1 is 1.35 bits per heavy atom. The second-order valence-electron chi connectivity index (χ2n) is 5.87. The Bertz CT molecular complexity index is 722. The number of rotatable bonds is 4. The largest absolute Gasteiger partial charge is 0.342 e. The minimum atomic E-state index is -0.300. The Hall–Kier alpha value is -2.08. The Labute approximate surface area is 138 Å². The SMILES string of the molecule is O=C(CCc1ccc(Cl)cc1)N1CCCC(c2n[nH]c(=O)[nH]2)C1. The van der Waals surface area contributed by atoms with E-state index in [1.807, 2.05) is 29.2 Å². The van der Waals surface area contributed by atoms with Crippen LogP contribution in [0.15, 0.2) is 29.1 Å². The number of H-pyrrole nitrogens is 2. The zero-order chi connectivity index (χ0) is 16.2. The van der Waals surface area contributed by atoms with Gasteiger partial charge in [-0.3, -0.25) is 9.78 Å². The smallest absolute Gasteiger partial charge is 0.340 e. The third kappa shape index (κ3) is 4.01. The molecule has 0 aliphatic carbocycles. The van der Waals surface area contributed by atoms with Gasteiger partial charge < -0.3 is 4.90 Å². The van der Waals surface area contributed by atoms with E-state index >= 15 is 0 Å². The number of hydrogen-bond acceptors (Lipinski definition) is 3. The van der Waals surface area contributed by atoms with E-state index in [0.29, 0.717) is 30.2 Å². The van der Waals surface area contributed by atoms with E-state index in [0.717, 1.165) is 24.9 Å². The summed E-state index contributed by atoms with van der Waals surface area (Å²) in [6, 6.07) is 7.57. The van der Waals surface area contributed by atoms with Gasteiger partial charge in [0.15, 0.2) is 0 Å². The number of benzene rings is 1. The van der Waals surface area contributed by atoms with Crippen molar-refractivity contribution in [2.75, 3.05) is 13.1 Å². The van der Waals surface area contributed by atoms with Crippen LogP contribution >= 0.6 is 11.6 Å². The number of aromatic nitrogens is 3. The van der Waals surface area contributed by atoms with Gasteiger partial charge in [-0.05, 0) is 37.0 Å². The van der Waals surface area contributed by atoms with E-state index in [9.17, 15) is 9.59 Å². The molecule has 23 heavy (non-hydrogen) atoms. The fraction of sp³-hybridized carbons (Fsp3) is 0.438. The standard InChI is InChI=1S/C16H19ClN4O2/c17-13-6-3-11(4-7-13)5-8-14(22)21-9-1-2-12(10-21)15-18-16(23)20-19-15/h3-4,6-7,12H,1-2,5,8-10H2,(H2,18,19,20,23). The van der Waals surface area contributed by atoms with Gasteiger partial charge in [-0.15, -0.1) is 0 Å². The molecule has 0 bridgehead atoms. The molecule has 1 fully saturated rings. The molecule has 1 atom stereocenters. The highest BCUT2D eigenvalue weighted by Crippen LogP contribution is 2.24. The highest BCUT2D eigenvalue weighted by Gasteiger charge is 2.26. The average molecular weight is 335 g/mol. The summed E-state index contributed by atoms with van der Waals surface area (Å²) in [7, 11) is 0. The quantitative estimate of drug-likeness (QED) is 0.898. The van der Waals surface area contributed by atoms with Crippen molar-refractivity contribution in [1.29, 1.82) is 0 Å². The number of nitrogens with one attached hydrogen (secondary N) is 2. The summed E-state index contributed by atoms with van der Waals surface area (Å²) in [6.45, 7) is 1.38. The van der Waals surface area contributed by atoms with Gasteiger partial charge in [-0.25, -0.2) is 9.89 Å². The third-order valence-electron chi connectivity index (χ3n) is 4.22. The van der Waals surface area contributed by atoms with Crippen LogP contribution in [0.3, 0.4) is 0 Å². The molecule has 1 unspecified atom stereocenters. The van der Waals surface area contributed by atoms with Crippen molar-refractivity contribution >= 4 is 17.5 Å². The Kier molecular flexibility index (Phi) is 4.81. The zero-order valence-corrected chi connectivity index (χ0v) is 13.5. The van der Waals surface area contributed by atoms with Crippen LogP contribution in [-0.2, 0) is 11.2 Å². The van der Waals surface area contributed by atoms with Gasteiger partial charge in [-0.2, -0.15) is 5.10 Å². The molecule has 2 N–H and O–H groups in total. The highest BCUT2D eigenvalue weighted by molar-refractivity contribution is 6.30. The number of hydrogen-bond donors (Lipinski definition) is 2. The van der Waals surface area contributed by atoms with E-state index in [-0.39, 0.29) is 17.5 Å². The van der Waals surface area contributed by atoms with Gasteiger partial charge >= 0.3 is 5.69 Å². The van der Waals surface area contributed by atoms with E-state index in [1.165, 1.54) is 0 Å². The van der Waals surface area contributed by atoms with E-state index in [1.54, 1.807) is 0 Å². The maximum absolute atomic E-state index is 12.4. The predicted molar refractivity (Wildman–Crippen MR) is 87.5 cm³/mol. The minimum absolute atomic E-state index is 0.0992. The van der Waals surface area contributed by atoms with Gasteiger partial charge in [0, 0.05) is 30.5 Å². The lowest BCUT2D eigenvalue weighted by molar-refractivity contribution is -0.132. The first-order valence-electron chi connectivity index (χ1n) is 7.78. The summed E-state index contributed by atoms with van der Waals surface area (Å²) in [5.41, 5.74) is 0.805. The monoisotopic (exact) mass is 334 g/mol. The van der Waals surface area contributed by atoms with E-state index < -0.39 is 0 Å². The van der Waals surface area contributed by atoms with Crippen LogP contribution in [-0.4, -0.2) is 39.1 Å². The van der Waals surface area contributed by atoms with Crippen LogP contribution in [0.1, 0.15) is 36.6 Å². The molecule has 3 rings (SSSR count). The van der Waals surface area contributed by atoms with Crippen molar-refractivity contribution in [2.24, 2.45) is 0 Å². The summed E-state index contributed by atoms with van der Waals surface area (Å²) in [5, 5.41) is 7.08. The fourth-order valence-corrected chi connectivity index (χ4v) is 3.09. The molecule has 1 aliphatic heterocycles. The van der Waals surface area contributed by atoms with Crippen molar-refractivity contribution in [1.82, 2.24) is 20.1 Å². The van der Waals surface area contributed by atoms with Gasteiger partial charge in [0.25, 0.3) is 0 Å². The molecule has 122 valence electrons. The van der Waals surface area contributed by atoms with Crippen molar-refractivity contribution in [3.05, 3.63) is 51.2 Å². The lowest BCUT2D eigenvalue weighted by Gasteiger charge is -2.31. The van der Waals surface area contributed by atoms with Crippen molar-refractivity contribution < 1.29 is 4.79 Å². The molecule has 0 saturated carbocycles. The van der Waals surface area contributed by atoms with Crippen LogP contribution in [0.4, 0.5) is 0 Å². The van der Waals surface area contributed by atoms with Gasteiger partial charge in [-0.1, -0.05) is 23.7 Å². The molecule has 1 aromatic heterocycles. The summed E-state index contributed by atoms with van der Waals surface area (Å²) in [5.74, 6) is 0.884. The molecule has 1 aromatic carbocycles. The Morgan fingerprint density at radius 2 is 2.13 bits per heavy atom. The first-order chi connectivity index (χ1) is 11.1. The van der Waals surface area contributed by atoms with Crippen molar-refractivity contribution in [2.45, 2.75) is 31.6 Å². The highest BCUT2D eigenvalue weighted by atomic mass is 35.5. The summed E-state index contributed by atoms with van der Waals surface area (Å²) >= 11 is 5.86. The fourth-order valence-electron chi connectivity index (χ4n) is 2.96. The zero-order valence-electron chi connectivity index (χ0n) is 12.7. The van der Waals surface area contributed by atoms with Crippen LogP contribution < -0.4 is 5.69 Å². The molecule has 2 heterocycles. The number of amides is 1. The number of piperidine rings is 1. The maximum atomic E-state index is 12.4. The molecule has 0 radical (unpaired) electrons. The number of nitrogens with zero attached hydrogens (tertiary/aromatic N) is 2. The Balaban J connectivity index is 1.56. The van der Waals surface area contributed by atoms with E-state index in [4.69, 9.17) is 11.6 Å². The maximum Gasteiger partial charge on any atom is 0.340 e. The number of likely N-dealkylation sites (tertiary alicyclic amines) is 1. The van der Waals surface area contributed by atoms with Gasteiger partial charge in [0.05, 0.1) is 0 Å². The minimum Gasteiger partial charge on any atom is -0.342 e. The first kappa shape index (κ1) is 15.8. The molecular formula is C16H19ClN4O2. The first-order valence-corrected chi connectivity index (χ1v) is 8.16. The predicted octanol–water partition coefficient (Wildman–Crippen LogP) is 2.09. The molecule has 6 nitrogen and oxygen atoms in total. The average Bonchev–Trinajstić information content (AvgIpc) is 3.01. The van der Waals surface area contributed by atoms with Crippen LogP contribution in [0.2, 0.25) is 5.02 Å². The third-order valence-corrected chi connectivity index (χ3v) is 4.47. The lowest BCUT2D eigenvalue weighted by Crippen LogP contribution is -2.39. The number of carbonyl (C=O) groups excluding carboxylic acids is 1. The second kappa shape index (κ2) is 7.00. The lowest BCUT2D eigenvalue weighted by atomic mass is 9.97. The summed E-state index contributed by atoms with van der Waals surface area (Å²) < 4.78 is 0. The number of carbonyl (C=O) groups is 1. The number of halogens is 1. The molecule has 7 heteroatoms.